The summed E-state index contributed by atoms with van der Waals surface area (Å²) in [7, 11) is 8.24. The molecule has 0 unspecified atom stereocenters. The van der Waals surface area contributed by atoms with Crippen molar-refractivity contribution in [1.29, 1.82) is 0 Å². The van der Waals surface area contributed by atoms with Gasteiger partial charge in [0, 0.05) is 28.2 Å². The van der Waals surface area contributed by atoms with Crippen LogP contribution in [0.25, 0.3) is 0 Å². The van der Waals surface area contributed by atoms with Crippen LogP contribution in [-0.2, 0) is 0 Å². The summed E-state index contributed by atoms with van der Waals surface area (Å²) >= 11 is 0. The van der Waals surface area contributed by atoms with Crippen LogP contribution in [0.2, 0.25) is 0 Å². The molecule has 0 aliphatic carbocycles. The molecule has 0 bridgehead atoms. The Balaban J connectivity index is 2.52. The molecule has 0 radical (unpaired) electrons. The average Bonchev–Trinajstić information content (AvgIpc) is 2.40. The van der Waals surface area contributed by atoms with Crippen molar-refractivity contribution in [3.05, 3.63) is 54.6 Å². The van der Waals surface area contributed by atoms with Crippen molar-refractivity contribution in [3.8, 4) is 0 Å². The zero-order chi connectivity index (χ0) is 13.8. The molecule has 0 spiro atoms. The first-order valence-corrected chi connectivity index (χ1v) is 6.40. The van der Waals surface area contributed by atoms with E-state index in [-0.39, 0.29) is 0 Å². The molecule has 3 heteroatoms. The van der Waals surface area contributed by atoms with E-state index in [2.05, 4.69) is 91.6 Å². The molecule has 0 fully saturated rings. The number of hydrogen-bond acceptors (Lipinski definition) is 3. The fourth-order valence-corrected chi connectivity index (χ4v) is 2.18. The van der Waals surface area contributed by atoms with Crippen molar-refractivity contribution in [2.45, 2.75) is 0 Å². The number of hydrogen-bond donors (Lipinski definition) is 0. The quantitative estimate of drug-likeness (QED) is 0.776. The molecule has 100 valence electrons. The molecular formula is C16H21N3. The maximum atomic E-state index is 2.20. The summed E-state index contributed by atoms with van der Waals surface area (Å²) in [5.41, 5.74) is 3.52. The molecule has 0 amide bonds. The highest BCUT2D eigenvalue weighted by molar-refractivity contribution is 5.76. The van der Waals surface area contributed by atoms with Crippen LogP contribution in [0.3, 0.4) is 0 Å². The van der Waals surface area contributed by atoms with Gasteiger partial charge in [0.25, 0.3) is 0 Å². The Kier molecular flexibility index (Phi) is 4.07. The van der Waals surface area contributed by atoms with Gasteiger partial charge in [0.2, 0.25) is 0 Å². The van der Waals surface area contributed by atoms with Crippen LogP contribution in [0.15, 0.2) is 54.6 Å². The van der Waals surface area contributed by atoms with E-state index in [1.807, 2.05) is 6.07 Å². The smallest absolute Gasteiger partial charge is 0.0813 e. The fraction of sp³-hybridized carbons (Fsp3) is 0.250. The first-order valence-electron chi connectivity index (χ1n) is 6.40. The molecular weight excluding hydrogens is 234 g/mol. The largest absolute Gasteiger partial charge is 0.376 e. The first kappa shape index (κ1) is 13.4. The van der Waals surface area contributed by atoms with E-state index >= 15 is 0 Å². The monoisotopic (exact) mass is 255 g/mol. The minimum absolute atomic E-state index is 1.15. The third kappa shape index (κ3) is 2.88. The molecule has 0 saturated heterocycles. The van der Waals surface area contributed by atoms with Crippen molar-refractivity contribution in [2.24, 2.45) is 0 Å². The highest BCUT2D eigenvalue weighted by Crippen LogP contribution is 2.33. The first-order chi connectivity index (χ1) is 9.11. The van der Waals surface area contributed by atoms with E-state index in [4.69, 9.17) is 0 Å². The number of hydrazine groups is 1. The van der Waals surface area contributed by atoms with Gasteiger partial charge in [0.1, 0.15) is 0 Å². The molecule has 0 N–H and O–H groups in total. The maximum absolute atomic E-state index is 2.20. The highest BCUT2D eigenvalue weighted by Gasteiger charge is 2.15. The molecule has 0 aliphatic heterocycles. The van der Waals surface area contributed by atoms with Crippen molar-refractivity contribution in [2.75, 3.05) is 38.1 Å². The predicted molar refractivity (Wildman–Crippen MR) is 83.0 cm³/mol. The molecule has 3 nitrogen and oxygen atoms in total. The Morgan fingerprint density at radius 3 is 1.68 bits per heavy atom. The van der Waals surface area contributed by atoms with Crippen molar-refractivity contribution in [3.63, 3.8) is 0 Å². The van der Waals surface area contributed by atoms with E-state index in [0.29, 0.717) is 0 Å². The van der Waals surface area contributed by atoms with Crippen LogP contribution in [0.4, 0.5) is 17.1 Å². The van der Waals surface area contributed by atoms with Crippen LogP contribution < -0.4 is 9.91 Å². The third-order valence-electron chi connectivity index (χ3n) is 2.99. The van der Waals surface area contributed by atoms with Crippen molar-refractivity contribution >= 4 is 17.1 Å². The van der Waals surface area contributed by atoms with E-state index in [0.717, 1.165) is 5.69 Å². The van der Waals surface area contributed by atoms with Gasteiger partial charge < -0.3 is 4.90 Å². The second-order valence-corrected chi connectivity index (χ2v) is 4.88. The Morgan fingerprint density at radius 2 is 1.16 bits per heavy atom. The van der Waals surface area contributed by atoms with Crippen LogP contribution in [0.1, 0.15) is 0 Å². The molecule has 2 rings (SSSR count). The standard InChI is InChI=1S/C16H21N3/c1-17(2)15-12-8-9-13-16(15)19(18(3)4)14-10-6-5-7-11-14/h5-13H,1-4H3. The summed E-state index contributed by atoms with van der Waals surface area (Å²) in [4.78, 5) is 2.13. The Hall–Kier alpha value is -2.00. The average molecular weight is 255 g/mol. The molecule has 2 aromatic rings. The summed E-state index contributed by atoms with van der Waals surface area (Å²) < 4.78 is 0. The van der Waals surface area contributed by atoms with Gasteiger partial charge in [0.15, 0.2) is 0 Å². The van der Waals surface area contributed by atoms with Crippen LogP contribution >= 0.6 is 0 Å². The minimum Gasteiger partial charge on any atom is -0.376 e. The summed E-state index contributed by atoms with van der Waals surface area (Å²) in [5.74, 6) is 0. The number of para-hydroxylation sites is 3. The van der Waals surface area contributed by atoms with E-state index in [1.54, 1.807) is 0 Å². The second-order valence-electron chi connectivity index (χ2n) is 4.88. The topological polar surface area (TPSA) is 9.72 Å². The lowest BCUT2D eigenvalue weighted by atomic mass is 10.2. The van der Waals surface area contributed by atoms with Gasteiger partial charge in [-0.15, -0.1) is 0 Å². The Morgan fingerprint density at radius 1 is 0.632 bits per heavy atom. The van der Waals surface area contributed by atoms with Crippen LogP contribution in [0, 0.1) is 0 Å². The molecule has 19 heavy (non-hydrogen) atoms. The SMILES string of the molecule is CN(C)c1ccccc1N(c1ccccc1)N(C)C. The molecule has 0 aliphatic rings. The molecule has 0 saturated carbocycles. The Labute approximate surface area is 115 Å². The lowest BCUT2D eigenvalue weighted by molar-refractivity contribution is 0.418. The van der Waals surface area contributed by atoms with E-state index in [1.165, 1.54) is 11.4 Å². The number of anilines is 3. The van der Waals surface area contributed by atoms with E-state index in [9.17, 15) is 0 Å². The van der Waals surface area contributed by atoms with Gasteiger partial charge in [-0.25, -0.2) is 5.01 Å². The summed E-state index contributed by atoms with van der Waals surface area (Å²) in [6.07, 6.45) is 0. The molecule has 0 atom stereocenters. The highest BCUT2D eigenvalue weighted by atomic mass is 15.6. The fourth-order valence-electron chi connectivity index (χ4n) is 2.18. The van der Waals surface area contributed by atoms with Gasteiger partial charge in [-0.2, -0.15) is 0 Å². The van der Waals surface area contributed by atoms with Gasteiger partial charge in [-0.3, -0.25) is 5.01 Å². The zero-order valence-electron chi connectivity index (χ0n) is 12.0. The second kappa shape index (κ2) is 5.76. The summed E-state index contributed by atoms with van der Waals surface area (Å²) in [5, 5.41) is 4.30. The molecule has 0 aromatic heterocycles. The lowest BCUT2D eigenvalue weighted by Gasteiger charge is -2.34. The molecule has 2 aromatic carbocycles. The summed E-state index contributed by atoms with van der Waals surface area (Å²) in [6.45, 7) is 0. The molecule has 0 heterocycles. The minimum atomic E-state index is 1.15. The normalized spacial score (nSPS) is 10.6. The van der Waals surface area contributed by atoms with Crippen molar-refractivity contribution < 1.29 is 0 Å². The number of nitrogens with zero attached hydrogens (tertiary/aromatic N) is 3. The van der Waals surface area contributed by atoms with Gasteiger partial charge in [-0.05, 0) is 24.3 Å². The zero-order valence-corrected chi connectivity index (χ0v) is 12.0. The summed E-state index contributed by atoms with van der Waals surface area (Å²) in [6, 6.07) is 18.8. The number of benzene rings is 2. The van der Waals surface area contributed by atoms with Crippen LogP contribution in [0.5, 0.6) is 0 Å². The van der Waals surface area contributed by atoms with Gasteiger partial charge in [-0.1, -0.05) is 30.3 Å². The van der Waals surface area contributed by atoms with Crippen molar-refractivity contribution in [1.82, 2.24) is 5.01 Å². The lowest BCUT2D eigenvalue weighted by Crippen LogP contribution is -2.33. The Bertz CT molecular complexity index is 521. The van der Waals surface area contributed by atoms with E-state index < -0.39 is 0 Å². The third-order valence-corrected chi connectivity index (χ3v) is 2.99. The predicted octanol–water partition coefficient (Wildman–Crippen LogP) is 3.37. The maximum Gasteiger partial charge on any atom is 0.0813 e. The van der Waals surface area contributed by atoms with Crippen LogP contribution in [-0.4, -0.2) is 33.2 Å². The number of rotatable bonds is 4. The van der Waals surface area contributed by atoms with Gasteiger partial charge in [0.05, 0.1) is 17.1 Å². The van der Waals surface area contributed by atoms with Gasteiger partial charge >= 0.3 is 0 Å².